The molecule has 0 bridgehead atoms. The molecule has 1 fully saturated rings. The van der Waals surface area contributed by atoms with Gasteiger partial charge in [0, 0.05) is 49.0 Å². The van der Waals surface area contributed by atoms with Crippen LogP contribution >= 0.6 is 23.4 Å². The van der Waals surface area contributed by atoms with Gasteiger partial charge in [-0.2, -0.15) is 0 Å². The largest absolute Gasteiger partial charge is 0.368 e. The summed E-state index contributed by atoms with van der Waals surface area (Å²) in [5, 5.41) is 12.8. The molecule has 1 saturated heterocycles. The van der Waals surface area contributed by atoms with Crippen LogP contribution in [0.1, 0.15) is 36.1 Å². The molecule has 1 N–H and O–H groups in total. The topological polar surface area (TPSA) is 83.4 Å². The summed E-state index contributed by atoms with van der Waals surface area (Å²) in [7, 11) is 0. The summed E-state index contributed by atoms with van der Waals surface area (Å²) in [6, 6.07) is 16.7. The molecule has 3 aromatic rings. The van der Waals surface area contributed by atoms with Crippen LogP contribution in [0.5, 0.6) is 0 Å². The number of benzene rings is 2. The first-order valence-corrected chi connectivity index (χ1v) is 13.0. The molecular formula is C25H29ClN6O2S. The van der Waals surface area contributed by atoms with Crippen molar-refractivity contribution >= 4 is 40.9 Å². The Balaban J connectivity index is 1.31. The molecule has 1 aliphatic rings. The number of nitrogens with zero attached hydrogens (tertiary/aromatic N) is 5. The number of carbonyl (C=O) groups is 2. The normalized spacial score (nSPS) is 14.6. The summed E-state index contributed by atoms with van der Waals surface area (Å²) in [5.41, 5.74) is 1.71. The van der Waals surface area contributed by atoms with E-state index in [1.165, 1.54) is 17.4 Å². The summed E-state index contributed by atoms with van der Waals surface area (Å²) in [5.74, 6) is 0.841. The molecule has 0 saturated carbocycles. The van der Waals surface area contributed by atoms with Crippen molar-refractivity contribution in [3.8, 4) is 0 Å². The minimum atomic E-state index is -0.346. The van der Waals surface area contributed by atoms with Crippen molar-refractivity contribution < 1.29 is 9.59 Å². The Morgan fingerprint density at radius 3 is 2.37 bits per heavy atom. The molecule has 0 radical (unpaired) electrons. The minimum absolute atomic E-state index is 0.0963. The number of piperazine rings is 1. The average Bonchev–Trinajstić information content (AvgIpc) is 3.31. The molecule has 2 amide bonds. The number of hydrogen-bond donors (Lipinski definition) is 1. The van der Waals surface area contributed by atoms with Crippen LogP contribution in [-0.2, 0) is 11.3 Å². The second-order valence-electron chi connectivity index (χ2n) is 8.28. The molecule has 2 aromatic carbocycles. The lowest BCUT2D eigenvalue weighted by Crippen LogP contribution is -2.49. The number of nitrogens with one attached hydrogen (secondary N) is 1. The van der Waals surface area contributed by atoms with Gasteiger partial charge in [-0.3, -0.25) is 9.59 Å². The van der Waals surface area contributed by atoms with Crippen LogP contribution in [0.4, 0.5) is 5.69 Å². The number of amides is 2. The third-order valence-corrected chi connectivity index (χ3v) is 7.18. The smallest absolute Gasteiger partial charge is 0.251 e. The Morgan fingerprint density at radius 2 is 1.71 bits per heavy atom. The Bertz CT molecular complexity index is 1150. The van der Waals surface area contributed by atoms with E-state index >= 15 is 0 Å². The number of halogens is 1. The maximum Gasteiger partial charge on any atom is 0.251 e. The van der Waals surface area contributed by atoms with Gasteiger partial charge >= 0.3 is 0 Å². The average molecular weight is 513 g/mol. The molecule has 4 rings (SSSR count). The molecule has 1 aliphatic heterocycles. The predicted octanol–water partition coefficient (Wildman–Crippen LogP) is 3.88. The Morgan fingerprint density at radius 1 is 1.03 bits per heavy atom. The molecular weight excluding hydrogens is 484 g/mol. The van der Waals surface area contributed by atoms with Crippen molar-refractivity contribution in [1.29, 1.82) is 0 Å². The molecule has 35 heavy (non-hydrogen) atoms. The number of anilines is 1. The van der Waals surface area contributed by atoms with Crippen LogP contribution in [0.15, 0.2) is 59.8 Å². The van der Waals surface area contributed by atoms with Crippen LogP contribution in [0.2, 0.25) is 5.02 Å². The number of thioether (sulfide) groups is 1. The fraction of sp³-hybridized carbons (Fsp3) is 0.360. The van der Waals surface area contributed by atoms with Gasteiger partial charge in [0.15, 0.2) is 11.0 Å². The van der Waals surface area contributed by atoms with Crippen LogP contribution in [0.3, 0.4) is 0 Å². The summed E-state index contributed by atoms with van der Waals surface area (Å²) >= 11 is 7.29. The lowest BCUT2D eigenvalue weighted by atomic mass is 10.2. The third-order valence-electron chi connectivity index (χ3n) is 5.98. The van der Waals surface area contributed by atoms with Gasteiger partial charge in [0.05, 0.1) is 11.8 Å². The highest BCUT2D eigenvalue weighted by atomic mass is 35.5. The van der Waals surface area contributed by atoms with Crippen LogP contribution in [-0.4, -0.2) is 63.4 Å². The van der Waals surface area contributed by atoms with Gasteiger partial charge < -0.3 is 19.7 Å². The molecule has 8 nitrogen and oxygen atoms in total. The van der Waals surface area contributed by atoms with Gasteiger partial charge in [0.2, 0.25) is 5.91 Å². The molecule has 0 aliphatic carbocycles. The van der Waals surface area contributed by atoms with Crippen molar-refractivity contribution in [3.63, 3.8) is 0 Å². The predicted molar refractivity (Wildman–Crippen MR) is 139 cm³/mol. The zero-order chi connectivity index (χ0) is 24.8. The maximum atomic E-state index is 12.8. The zero-order valence-electron chi connectivity index (χ0n) is 19.9. The van der Waals surface area contributed by atoms with Gasteiger partial charge in [-0.1, -0.05) is 41.6 Å². The molecule has 2 heterocycles. The summed E-state index contributed by atoms with van der Waals surface area (Å²) in [6.07, 6.45) is 0. The molecule has 0 spiro atoms. The second kappa shape index (κ2) is 11.6. The second-order valence-corrected chi connectivity index (χ2v) is 9.66. The number of aromatic nitrogens is 3. The number of para-hydroxylation sites is 1. The minimum Gasteiger partial charge on any atom is -0.368 e. The molecule has 1 atom stereocenters. The number of carbonyl (C=O) groups excluding carboxylic acids is 2. The van der Waals surface area contributed by atoms with Crippen molar-refractivity contribution in [1.82, 2.24) is 25.0 Å². The SMILES string of the molecule is CCn1c(SCC(=O)N2CCN(c3ccccc3)CC2)nnc1[C@H](C)NC(=O)c1ccc(Cl)cc1. The Hall–Kier alpha value is -3.04. The summed E-state index contributed by atoms with van der Waals surface area (Å²) in [4.78, 5) is 29.6. The van der Waals surface area contributed by atoms with Crippen molar-refractivity contribution in [2.75, 3.05) is 36.8 Å². The van der Waals surface area contributed by atoms with Gasteiger partial charge in [0.1, 0.15) is 0 Å². The van der Waals surface area contributed by atoms with E-state index in [9.17, 15) is 9.59 Å². The van der Waals surface area contributed by atoms with Crippen molar-refractivity contribution in [2.45, 2.75) is 31.6 Å². The van der Waals surface area contributed by atoms with Crippen LogP contribution in [0.25, 0.3) is 0 Å². The van der Waals surface area contributed by atoms with Crippen LogP contribution < -0.4 is 10.2 Å². The molecule has 0 unspecified atom stereocenters. The van der Waals surface area contributed by atoms with Gasteiger partial charge in [-0.15, -0.1) is 10.2 Å². The van der Waals surface area contributed by atoms with Gasteiger partial charge in [-0.25, -0.2) is 0 Å². The molecule has 184 valence electrons. The third kappa shape index (κ3) is 6.15. The van der Waals surface area contributed by atoms with Gasteiger partial charge in [0.25, 0.3) is 5.91 Å². The van der Waals surface area contributed by atoms with E-state index in [1.807, 2.05) is 41.5 Å². The quantitative estimate of drug-likeness (QED) is 0.461. The Kier molecular flexibility index (Phi) is 8.30. The fourth-order valence-corrected chi connectivity index (χ4v) is 5.08. The van der Waals surface area contributed by atoms with E-state index in [0.29, 0.717) is 47.0 Å². The lowest BCUT2D eigenvalue weighted by Gasteiger charge is -2.36. The monoisotopic (exact) mass is 512 g/mol. The highest BCUT2D eigenvalue weighted by molar-refractivity contribution is 7.99. The van der Waals surface area contributed by atoms with E-state index in [1.54, 1.807) is 24.3 Å². The van der Waals surface area contributed by atoms with Crippen molar-refractivity contribution in [2.24, 2.45) is 0 Å². The fourth-order valence-electron chi connectivity index (χ4n) is 4.04. The van der Waals surface area contributed by atoms with Gasteiger partial charge in [-0.05, 0) is 50.2 Å². The van der Waals surface area contributed by atoms with E-state index in [4.69, 9.17) is 11.6 Å². The van der Waals surface area contributed by atoms with E-state index in [0.717, 1.165) is 13.1 Å². The maximum absolute atomic E-state index is 12.8. The standard InChI is InChI=1S/C25H29ClN6O2S/c1-3-32-23(18(2)27-24(34)19-9-11-20(26)12-10-19)28-29-25(32)35-17-22(33)31-15-13-30(14-16-31)21-7-5-4-6-8-21/h4-12,18H,3,13-17H2,1-2H3,(H,27,34)/t18-/m0/s1. The highest BCUT2D eigenvalue weighted by Crippen LogP contribution is 2.22. The first-order chi connectivity index (χ1) is 17.0. The number of hydrogen-bond acceptors (Lipinski definition) is 6. The number of rotatable bonds is 8. The van der Waals surface area contributed by atoms with Crippen LogP contribution in [0, 0.1) is 0 Å². The van der Waals surface area contributed by atoms with E-state index in [2.05, 4.69) is 32.5 Å². The lowest BCUT2D eigenvalue weighted by molar-refractivity contribution is -0.128. The summed E-state index contributed by atoms with van der Waals surface area (Å²) in [6.45, 7) is 7.55. The van der Waals surface area contributed by atoms with E-state index < -0.39 is 0 Å². The zero-order valence-corrected chi connectivity index (χ0v) is 21.4. The summed E-state index contributed by atoms with van der Waals surface area (Å²) < 4.78 is 1.94. The first-order valence-electron chi connectivity index (χ1n) is 11.7. The first kappa shape index (κ1) is 25.1. The molecule has 10 heteroatoms. The van der Waals surface area contributed by atoms with E-state index in [-0.39, 0.29) is 17.9 Å². The molecule has 1 aromatic heterocycles. The van der Waals surface area contributed by atoms with Crippen molar-refractivity contribution in [3.05, 3.63) is 71.0 Å². The highest BCUT2D eigenvalue weighted by Gasteiger charge is 2.24. The Labute approximate surface area is 214 Å².